The van der Waals surface area contributed by atoms with E-state index >= 15 is 0 Å². The summed E-state index contributed by atoms with van der Waals surface area (Å²) >= 11 is 12.5. The van der Waals surface area contributed by atoms with Crippen molar-refractivity contribution in [3.05, 3.63) is 33.8 Å². The zero-order valence-corrected chi connectivity index (χ0v) is 12.4. The van der Waals surface area contributed by atoms with Gasteiger partial charge in [0.1, 0.15) is 0 Å². The summed E-state index contributed by atoms with van der Waals surface area (Å²) in [5.41, 5.74) is 1.17. The fraction of sp³-hybridized carbons (Fsp3) is 0.600. The van der Waals surface area contributed by atoms with Gasteiger partial charge >= 0.3 is 0 Å². The Hall–Kier alpha value is -0.240. The molecule has 0 spiro atoms. The summed E-state index contributed by atoms with van der Waals surface area (Å²) in [6.45, 7) is 3.22. The Morgan fingerprint density at radius 3 is 2.67 bits per heavy atom. The highest BCUT2D eigenvalue weighted by Crippen LogP contribution is 2.38. The van der Waals surface area contributed by atoms with Gasteiger partial charge in [-0.1, -0.05) is 43.0 Å². The lowest BCUT2D eigenvalue weighted by Crippen LogP contribution is -2.28. The molecule has 1 nitrogen and oxygen atoms in total. The second-order valence-electron chi connectivity index (χ2n) is 5.14. The van der Waals surface area contributed by atoms with Gasteiger partial charge in [0.25, 0.3) is 0 Å². The summed E-state index contributed by atoms with van der Waals surface area (Å²) in [4.78, 5) is 0. The lowest BCUT2D eigenvalue weighted by atomic mass is 9.91. The minimum atomic E-state index is 0.360. The van der Waals surface area contributed by atoms with Gasteiger partial charge in [-0.05, 0) is 55.5 Å². The molecule has 2 rings (SSSR count). The van der Waals surface area contributed by atoms with Crippen molar-refractivity contribution < 1.29 is 0 Å². The van der Waals surface area contributed by atoms with Gasteiger partial charge in [-0.25, -0.2) is 0 Å². The lowest BCUT2D eigenvalue weighted by Gasteiger charge is -2.26. The van der Waals surface area contributed by atoms with Crippen LogP contribution in [-0.2, 0) is 0 Å². The van der Waals surface area contributed by atoms with Crippen LogP contribution in [0.3, 0.4) is 0 Å². The smallest absolute Gasteiger partial charge is 0.0454 e. The van der Waals surface area contributed by atoms with E-state index in [9.17, 15) is 0 Å². The first-order valence-corrected chi connectivity index (χ1v) is 7.66. The second-order valence-corrected chi connectivity index (χ2v) is 5.99. The van der Waals surface area contributed by atoms with Crippen LogP contribution < -0.4 is 5.32 Å². The van der Waals surface area contributed by atoms with Gasteiger partial charge in [-0.2, -0.15) is 0 Å². The zero-order valence-electron chi connectivity index (χ0n) is 10.9. The van der Waals surface area contributed by atoms with Crippen molar-refractivity contribution in [3.8, 4) is 0 Å². The number of benzene rings is 1. The van der Waals surface area contributed by atoms with Crippen molar-refractivity contribution in [2.45, 2.75) is 45.1 Å². The highest BCUT2D eigenvalue weighted by atomic mass is 35.5. The zero-order chi connectivity index (χ0) is 13.0. The quantitative estimate of drug-likeness (QED) is 0.782. The van der Waals surface area contributed by atoms with Crippen LogP contribution in [0.5, 0.6) is 0 Å². The van der Waals surface area contributed by atoms with Crippen molar-refractivity contribution >= 4 is 23.2 Å². The van der Waals surface area contributed by atoms with Gasteiger partial charge in [-0.3, -0.25) is 0 Å². The van der Waals surface area contributed by atoms with Crippen molar-refractivity contribution in [1.29, 1.82) is 0 Å². The standard InChI is InChI=1S/C15H21Cl2N/c1-2-9-18-15(11-5-3-4-6-11)13-10-12(16)7-8-14(13)17/h7-8,10-11,15,18H,2-6,9H2,1H3. The maximum atomic E-state index is 6.35. The maximum Gasteiger partial charge on any atom is 0.0454 e. The largest absolute Gasteiger partial charge is 0.310 e. The number of hydrogen-bond donors (Lipinski definition) is 1. The summed E-state index contributed by atoms with van der Waals surface area (Å²) < 4.78 is 0. The molecular weight excluding hydrogens is 265 g/mol. The Morgan fingerprint density at radius 2 is 2.00 bits per heavy atom. The Balaban J connectivity index is 2.23. The normalized spacial score (nSPS) is 18.2. The molecule has 0 aromatic heterocycles. The highest BCUT2D eigenvalue weighted by molar-refractivity contribution is 6.33. The van der Waals surface area contributed by atoms with E-state index in [1.807, 2.05) is 18.2 Å². The number of hydrogen-bond acceptors (Lipinski definition) is 1. The molecule has 1 N–H and O–H groups in total. The van der Waals surface area contributed by atoms with Gasteiger partial charge in [0.15, 0.2) is 0 Å². The van der Waals surface area contributed by atoms with Gasteiger partial charge in [0, 0.05) is 16.1 Å². The van der Waals surface area contributed by atoms with Gasteiger partial charge in [-0.15, -0.1) is 0 Å². The average Bonchev–Trinajstić information content (AvgIpc) is 2.88. The minimum Gasteiger partial charge on any atom is -0.310 e. The summed E-state index contributed by atoms with van der Waals surface area (Å²) in [6.07, 6.45) is 6.41. The first-order chi connectivity index (χ1) is 8.72. The maximum absolute atomic E-state index is 6.35. The van der Waals surface area contributed by atoms with Crippen LogP contribution in [0.1, 0.15) is 50.6 Å². The molecule has 0 amide bonds. The summed E-state index contributed by atoms with van der Waals surface area (Å²) in [5.74, 6) is 0.701. The Labute approximate surface area is 120 Å². The molecule has 100 valence electrons. The first-order valence-electron chi connectivity index (χ1n) is 6.90. The van der Waals surface area contributed by atoms with Crippen molar-refractivity contribution in [1.82, 2.24) is 5.32 Å². The average molecular weight is 286 g/mol. The molecule has 0 radical (unpaired) electrons. The fourth-order valence-corrected chi connectivity index (χ4v) is 3.29. The van der Waals surface area contributed by atoms with Crippen LogP contribution in [0, 0.1) is 5.92 Å². The molecule has 1 saturated carbocycles. The Bertz CT molecular complexity index is 386. The molecule has 1 fully saturated rings. The van der Waals surface area contributed by atoms with E-state index in [1.54, 1.807) is 0 Å². The first kappa shape index (κ1) is 14.2. The molecule has 0 saturated heterocycles. The predicted molar refractivity (Wildman–Crippen MR) is 79.5 cm³/mol. The molecule has 1 aliphatic rings. The van der Waals surface area contributed by atoms with Crippen molar-refractivity contribution in [2.75, 3.05) is 6.54 Å². The third-order valence-corrected chi connectivity index (χ3v) is 4.36. The molecule has 0 bridgehead atoms. The number of nitrogens with one attached hydrogen (secondary N) is 1. The van der Waals surface area contributed by atoms with E-state index in [1.165, 1.54) is 31.2 Å². The summed E-state index contributed by atoms with van der Waals surface area (Å²) in [5, 5.41) is 5.26. The predicted octanol–water partition coefficient (Wildman–Crippen LogP) is 5.22. The van der Waals surface area contributed by atoms with E-state index in [4.69, 9.17) is 23.2 Å². The Kier molecular flexibility index (Phi) is 5.35. The van der Waals surface area contributed by atoms with Crippen LogP contribution in [0.4, 0.5) is 0 Å². The van der Waals surface area contributed by atoms with Gasteiger partial charge in [0.05, 0.1) is 0 Å². The summed E-state index contributed by atoms with van der Waals surface area (Å²) in [7, 11) is 0. The van der Waals surface area contributed by atoms with Crippen LogP contribution >= 0.6 is 23.2 Å². The number of halogens is 2. The van der Waals surface area contributed by atoms with Gasteiger partial charge < -0.3 is 5.32 Å². The molecule has 3 heteroatoms. The molecule has 1 atom stereocenters. The lowest BCUT2D eigenvalue weighted by molar-refractivity contribution is 0.368. The van der Waals surface area contributed by atoms with E-state index in [2.05, 4.69) is 12.2 Å². The van der Waals surface area contributed by atoms with Crippen LogP contribution in [0.25, 0.3) is 0 Å². The molecule has 0 aliphatic heterocycles. The van der Waals surface area contributed by atoms with E-state index in [-0.39, 0.29) is 0 Å². The Morgan fingerprint density at radius 1 is 1.28 bits per heavy atom. The SMILES string of the molecule is CCCNC(c1cc(Cl)ccc1Cl)C1CCCC1. The number of rotatable bonds is 5. The topological polar surface area (TPSA) is 12.0 Å². The summed E-state index contributed by atoms with van der Waals surface area (Å²) in [6, 6.07) is 6.15. The molecule has 0 heterocycles. The van der Waals surface area contributed by atoms with Crippen LogP contribution in [0.2, 0.25) is 10.0 Å². The van der Waals surface area contributed by atoms with E-state index in [0.29, 0.717) is 12.0 Å². The highest BCUT2D eigenvalue weighted by Gasteiger charge is 2.27. The van der Waals surface area contributed by atoms with Crippen molar-refractivity contribution in [2.24, 2.45) is 5.92 Å². The fourth-order valence-electron chi connectivity index (χ4n) is 2.87. The molecule has 18 heavy (non-hydrogen) atoms. The molecule has 1 unspecified atom stereocenters. The van der Waals surface area contributed by atoms with E-state index in [0.717, 1.165) is 23.0 Å². The van der Waals surface area contributed by atoms with Crippen LogP contribution in [0.15, 0.2) is 18.2 Å². The molecule has 1 aromatic rings. The monoisotopic (exact) mass is 285 g/mol. The molecule has 1 aliphatic carbocycles. The molecule has 1 aromatic carbocycles. The third kappa shape index (κ3) is 3.40. The minimum absolute atomic E-state index is 0.360. The second kappa shape index (κ2) is 6.79. The molecular formula is C15H21Cl2N. The van der Waals surface area contributed by atoms with E-state index < -0.39 is 0 Å². The van der Waals surface area contributed by atoms with Gasteiger partial charge in [0.2, 0.25) is 0 Å². The van der Waals surface area contributed by atoms with Crippen molar-refractivity contribution in [3.63, 3.8) is 0 Å². The van der Waals surface area contributed by atoms with Crippen LogP contribution in [-0.4, -0.2) is 6.54 Å². The third-order valence-electron chi connectivity index (χ3n) is 3.78.